The van der Waals surface area contributed by atoms with E-state index in [1.54, 1.807) is 0 Å². The Hall–Kier alpha value is -4.80. The number of allylic oxidation sites excluding steroid dienone is 4. The van der Waals surface area contributed by atoms with Crippen molar-refractivity contribution in [2.24, 2.45) is 11.7 Å². The van der Waals surface area contributed by atoms with Crippen LogP contribution in [0.15, 0.2) is 133 Å². The van der Waals surface area contributed by atoms with E-state index in [0.717, 1.165) is 39.7 Å². The Labute approximate surface area is 259 Å². The van der Waals surface area contributed by atoms with Crippen molar-refractivity contribution in [1.82, 2.24) is 4.57 Å². The Kier molecular flexibility index (Phi) is 7.23. The van der Waals surface area contributed by atoms with Gasteiger partial charge in [0.25, 0.3) is 0 Å². The van der Waals surface area contributed by atoms with Crippen LogP contribution in [-0.2, 0) is 18.5 Å². The van der Waals surface area contributed by atoms with E-state index >= 15 is 0 Å². The fourth-order valence-electron chi connectivity index (χ4n) is 7.12. The predicted molar refractivity (Wildman–Crippen MR) is 183 cm³/mol. The molecular formula is C40H39N3O. The van der Waals surface area contributed by atoms with Gasteiger partial charge in [-0.05, 0) is 65.3 Å². The molecule has 0 radical (unpaired) electrons. The number of anilines is 1. The van der Waals surface area contributed by atoms with Gasteiger partial charge in [-0.15, -0.1) is 0 Å². The third-order valence-electron chi connectivity index (χ3n) is 9.70. The Morgan fingerprint density at radius 3 is 2.34 bits per heavy atom. The number of hydrogen-bond donors (Lipinski definition) is 3. The lowest BCUT2D eigenvalue weighted by Gasteiger charge is -2.33. The van der Waals surface area contributed by atoms with E-state index in [-0.39, 0.29) is 6.04 Å². The van der Waals surface area contributed by atoms with E-state index in [4.69, 9.17) is 5.73 Å². The van der Waals surface area contributed by atoms with Crippen LogP contribution in [0.2, 0.25) is 0 Å². The van der Waals surface area contributed by atoms with Crippen molar-refractivity contribution >= 4 is 28.2 Å². The van der Waals surface area contributed by atoms with Crippen molar-refractivity contribution in [3.8, 4) is 0 Å². The van der Waals surface area contributed by atoms with E-state index in [1.807, 2.05) is 24.3 Å². The van der Waals surface area contributed by atoms with E-state index in [9.17, 15) is 5.11 Å². The minimum atomic E-state index is -0.504. The zero-order valence-electron chi connectivity index (χ0n) is 25.4. The standard InChI is InChI=1S/C40H39N3O/c1-27-23-29(28-13-5-3-6-14-28)21-22-31(27)39(41)33-18-9-11-19-35(33)42-26-43-36-20-12-10-17-32(36)34-24-38(44)40(2,25-37(34)43)30-15-7-4-8-16-30/h3-22,24,27,39,42,44H,23,25-26,41H2,1-2H3. The molecule has 7 rings (SSSR count). The Morgan fingerprint density at radius 2 is 1.57 bits per heavy atom. The Morgan fingerprint density at radius 1 is 0.886 bits per heavy atom. The fourth-order valence-corrected chi connectivity index (χ4v) is 7.12. The highest BCUT2D eigenvalue weighted by Gasteiger charge is 2.38. The summed E-state index contributed by atoms with van der Waals surface area (Å²) in [6, 6.07) is 37.6. The topological polar surface area (TPSA) is 63.2 Å². The number of rotatable bonds is 7. The number of aliphatic hydroxyl groups excluding tert-OH is 1. The number of hydrogen-bond acceptors (Lipinski definition) is 3. The van der Waals surface area contributed by atoms with Crippen LogP contribution in [0.3, 0.4) is 0 Å². The maximum atomic E-state index is 11.3. The summed E-state index contributed by atoms with van der Waals surface area (Å²) in [5.74, 6) is 0.747. The summed E-state index contributed by atoms with van der Waals surface area (Å²) in [4.78, 5) is 0. The van der Waals surface area contributed by atoms with Gasteiger partial charge in [-0.25, -0.2) is 0 Å². The van der Waals surface area contributed by atoms with Crippen LogP contribution >= 0.6 is 0 Å². The molecule has 0 saturated heterocycles. The molecule has 0 saturated carbocycles. The molecule has 4 aromatic carbocycles. The summed E-state index contributed by atoms with van der Waals surface area (Å²) in [6.07, 6.45) is 8.12. The van der Waals surface area contributed by atoms with Crippen molar-refractivity contribution in [3.63, 3.8) is 0 Å². The minimum absolute atomic E-state index is 0.209. The van der Waals surface area contributed by atoms with Crippen LogP contribution in [0.1, 0.15) is 54.3 Å². The summed E-state index contributed by atoms with van der Waals surface area (Å²) in [6.45, 7) is 5.01. The number of nitrogens with two attached hydrogens (primary N) is 1. The van der Waals surface area contributed by atoms with Crippen LogP contribution in [0.25, 0.3) is 22.6 Å². The smallest absolute Gasteiger partial charge is 0.104 e. The van der Waals surface area contributed by atoms with Gasteiger partial charge in [0.2, 0.25) is 0 Å². The highest BCUT2D eigenvalue weighted by Crippen LogP contribution is 2.44. The lowest BCUT2D eigenvalue weighted by atomic mass is 9.73. The third kappa shape index (κ3) is 4.86. The summed E-state index contributed by atoms with van der Waals surface area (Å²) in [5.41, 5.74) is 17.1. The normalized spacial score (nSPS) is 20.3. The molecule has 4 nitrogen and oxygen atoms in total. The maximum absolute atomic E-state index is 11.3. The lowest BCUT2D eigenvalue weighted by Crippen LogP contribution is -2.32. The molecule has 220 valence electrons. The number of fused-ring (bicyclic) bond motifs is 3. The molecule has 1 heterocycles. The van der Waals surface area contributed by atoms with Gasteiger partial charge >= 0.3 is 0 Å². The molecule has 44 heavy (non-hydrogen) atoms. The second kappa shape index (κ2) is 11.4. The van der Waals surface area contributed by atoms with Gasteiger partial charge in [-0.2, -0.15) is 0 Å². The molecule has 5 aromatic rings. The van der Waals surface area contributed by atoms with Crippen LogP contribution < -0.4 is 11.1 Å². The molecule has 2 aliphatic carbocycles. The van der Waals surface area contributed by atoms with Crippen molar-refractivity contribution in [3.05, 3.63) is 161 Å². The van der Waals surface area contributed by atoms with Gasteiger partial charge < -0.3 is 20.7 Å². The van der Waals surface area contributed by atoms with Gasteiger partial charge in [0.15, 0.2) is 0 Å². The SMILES string of the molecule is CC1CC(c2ccccc2)=CC=C1C(N)c1ccccc1NCn1c2c(c3ccccc31)C=C(O)C(C)(c1ccccc1)C2. The highest BCUT2D eigenvalue weighted by molar-refractivity contribution is 5.92. The van der Waals surface area contributed by atoms with Crippen LogP contribution in [-0.4, -0.2) is 9.67 Å². The Bertz CT molecular complexity index is 1910. The van der Waals surface area contributed by atoms with E-state index in [0.29, 0.717) is 24.8 Å². The van der Waals surface area contributed by atoms with Crippen molar-refractivity contribution in [2.45, 2.75) is 44.8 Å². The average molecular weight is 578 g/mol. The fraction of sp³-hybridized carbons (Fsp3) is 0.200. The number of nitrogens with one attached hydrogen (secondary N) is 1. The number of nitrogens with zero attached hydrogens (tertiary/aromatic N) is 1. The molecule has 0 aliphatic heterocycles. The first-order valence-corrected chi connectivity index (χ1v) is 15.6. The number of aromatic nitrogens is 1. The maximum Gasteiger partial charge on any atom is 0.104 e. The molecule has 1 aromatic heterocycles. The average Bonchev–Trinajstić information content (AvgIpc) is 3.36. The monoisotopic (exact) mass is 577 g/mol. The van der Waals surface area contributed by atoms with Crippen LogP contribution in [0.4, 0.5) is 5.69 Å². The van der Waals surface area contributed by atoms with Gasteiger partial charge in [-0.1, -0.05) is 116 Å². The van der Waals surface area contributed by atoms with E-state index < -0.39 is 5.41 Å². The first kappa shape index (κ1) is 28.0. The van der Waals surface area contributed by atoms with Gasteiger partial charge in [0, 0.05) is 28.8 Å². The number of aliphatic hydroxyl groups is 1. The first-order chi connectivity index (χ1) is 21.4. The van der Waals surface area contributed by atoms with Gasteiger partial charge in [-0.3, -0.25) is 0 Å². The summed E-state index contributed by atoms with van der Waals surface area (Å²) in [5, 5.41) is 16.3. The zero-order valence-corrected chi connectivity index (χ0v) is 25.4. The molecule has 4 N–H and O–H groups in total. The zero-order chi connectivity index (χ0) is 30.3. The van der Waals surface area contributed by atoms with Crippen LogP contribution in [0.5, 0.6) is 0 Å². The molecule has 0 spiro atoms. The lowest BCUT2D eigenvalue weighted by molar-refractivity contribution is 0.303. The van der Waals surface area contributed by atoms with Crippen molar-refractivity contribution in [2.75, 3.05) is 5.32 Å². The molecule has 4 heteroatoms. The first-order valence-electron chi connectivity index (χ1n) is 15.6. The number of benzene rings is 4. The molecule has 0 bridgehead atoms. The molecular weight excluding hydrogens is 538 g/mol. The quantitative estimate of drug-likeness (QED) is 0.181. The number of para-hydroxylation sites is 2. The molecule has 3 atom stereocenters. The molecule has 2 aliphatic rings. The van der Waals surface area contributed by atoms with Gasteiger partial charge in [0.05, 0.1) is 23.6 Å². The molecule has 3 unspecified atom stereocenters. The minimum Gasteiger partial charge on any atom is -0.511 e. The molecule has 0 amide bonds. The second-order valence-electron chi connectivity index (χ2n) is 12.4. The predicted octanol–water partition coefficient (Wildman–Crippen LogP) is 9.17. The van der Waals surface area contributed by atoms with Crippen LogP contribution in [0, 0.1) is 5.92 Å². The third-order valence-corrected chi connectivity index (χ3v) is 9.70. The summed E-state index contributed by atoms with van der Waals surface area (Å²) >= 11 is 0. The van der Waals surface area contributed by atoms with Crippen molar-refractivity contribution < 1.29 is 5.11 Å². The van der Waals surface area contributed by atoms with E-state index in [2.05, 4.69) is 127 Å². The highest BCUT2D eigenvalue weighted by atomic mass is 16.3. The van der Waals surface area contributed by atoms with Gasteiger partial charge in [0.1, 0.15) is 5.76 Å². The summed E-state index contributed by atoms with van der Waals surface area (Å²) < 4.78 is 2.37. The van der Waals surface area contributed by atoms with Crippen molar-refractivity contribution in [1.29, 1.82) is 0 Å². The van der Waals surface area contributed by atoms with E-state index in [1.165, 1.54) is 22.4 Å². The Balaban J connectivity index is 1.21. The second-order valence-corrected chi connectivity index (χ2v) is 12.4. The largest absolute Gasteiger partial charge is 0.511 e. The molecule has 0 fully saturated rings. The summed E-state index contributed by atoms with van der Waals surface area (Å²) in [7, 11) is 0.